The van der Waals surface area contributed by atoms with Crippen molar-refractivity contribution in [1.82, 2.24) is 4.98 Å². The number of nitrogens with two attached hydrogens (primary N) is 1. The summed E-state index contributed by atoms with van der Waals surface area (Å²) < 4.78 is 12.8. The SMILES string of the molecule is N=C(N)c1cnc2cc(F)ccc2c1. The van der Waals surface area contributed by atoms with E-state index < -0.39 is 0 Å². The van der Waals surface area contributed by atoms with E-state index in [4.69, 9.17) is 11.1 Å². The largest absolute Gasteiger partial charge is 0.384 e. The number of nitrogens with zero attached hydrogens (tertiary/aromatic N) is 1. The van der Waals surface area contributed by atoms with E-state index in [0.717, 1.165) is 5.39 Å². The van der Waals surface area contributed by atoms with E-state index in [1.165, 1.54) is 18.3 Å². The van der Waals surface area contributed by atoms with Crippen LogP contribution in [0.15, 0.2) is 30.5 Å². The summed E-state index contributed by atoms with van der Waals surface area (Å²) in [5.74, 6) is -0.357. The second kappa shape index (κ2) is 3.06. The van der Waals surface area contributed by atoms with Gasteiger partial charge in [-0.1, -0.05) is 0 Å². The Kier molecular flexibility index (Phi) is 1.89. The molecule has 3 nitrogen and oxygen atoms in total. The summed E-state index contributed by atoms with van der Waals surface area (Å²) in [4.78, 5) is 4.00. The zero-order valence-electron chi connectivity index (χ0n) is 7.29. The van der Waals surface area contributed by atoms with Gasteiger partial charge < -0.3 is 5.73 Å². The van der Waals surface area contributed by atoms with Crippen LogP contribution in [0.5, 0.6) is 0 Å². The van der Waals surface area contributed by atoms with Crippen molar-refractivity contribution in [2.24, 2.45) is 5.73 Å². The molecule has 4 heteroatoms. The van der Waals surface area contributed by atoms with Gasteiger partial charge in [0, 0.05) is 23.2 Å². The number of hydrogen-bond donors (Lipinski definition) is 2. The fraction of sp³-hybridized carbons (Fsp3) is 0. The second-order valence-electron chi connectivity index (χ2n) is 2.97. The molecular formula is C10H8FN3. The number of aromatic nitrogens is 1. The monoisotopic (exact) mass is 189 g/mol. The van der Waals surface area contributed by atoms with Crippen LogP contribution in [-0.4, -0.2) is 10.8 Å². The number of halogens is 1. The first-order chi connectivity index (χ1) is 6.66. The van der Waals surface area contributed by atoms with Gasteiger partial charge in [-0.05, 0) is 18.2 Å². The minimum absolute atomic E-state index is 0.0382. The fourth-order valence-corrected chi connectivity index (χ4v) is 1.24. The maximum atomic E-state index is 12.8. The fourth-order valence-electron chi connectivity index (χ4n) is 1.24. The number of fused-ring (bicyclic) bond motifs is 1. The Morgan fingerprint density at radius 2 is 2.14 bits per heavy atom. The Labute approximate surface area is 79.9 Å². The zero-order chi connectivity index (χ0) is 10.1. The minimum atomic E-state index is -0.319. The molecule has 1 heterocycles. The molecule has 1 aromatic heterocycles. The highest BCUT2D eigenvalue weighted by Gasteiger charge is 2.00. The van der Waals surface area contributed by atoms with E-state index in [1.807, 2.05) is 0 Å². The summed E-state index contributed by atoms with van der Waals surface area (Å²) in [6, 6.07) is 6.03. The lowest BCUT2D eigenvalue weighted by molar-refractivity contribution is 0.629. The van der Waals surface area contributed by atoms with Crippen LogP contribution in [-0.2, 0) is 0 Å². The first kappa shape index (κ1) is 8.62. The van der Waals surface area contributed by atoms with Crippen LogP contribution in [0.25, 0.3) is 10.9 Å². The van der Waals surface area contributed by atoms with E-state index in [-0.39, 0.29) is 11.7 Å². The number of pyridine rings is 1. The molecule has 70 valence electrons. The zero-order valence-corrected chi connectivity index (χ0v) is 7.29. The van der Waals surface area contributed by atoms with Crippen LogP contribution in [0.2, 0.25) is 0 Å². The van der Waals surface area contributed by atoms with Crippen LogP contribution in [0, 0.1) is 11.2 Å². The summed E-state index contributed by atoms with van der Waals surface area (Å²) >= 11 is 0. The molecule has 0 unspecified atom stereocenters. The van der Waals surface area contributed by atoms with Crippen LogP contribution in [0.3, 0.4) is 0 Å². The predicted molar refractivity (Wildman–Crippen MR) is 52.7 cm³/mol. The third kappa shape index (κ3) is 1.42. The lowest BCUT2D eigenvalue weighted by Gasteiger charge is -2.00. The number of benzene rings is 1. The van der Waals surface area contributed by atoms with E-state index in [9.17, 15) is 4.39 Å². The average molecular weight is 189 g/mol. The standard InChI is InChI=1S/C10H8FN3/c11-8-2-1-6-3-7(10(12)13)5-14-9(6)4-8/h1-5H,(H3,12,13). The molecule has 0 bridgehead atoms. The van der Waals surface area contributed by atoms with Crippen molar-refractivity contribution in [3.05, 3.63) is 41.8 Å². The number of nitrogen functional groups attached to an aromatic ring is 1. The van der Waals surface area contributed by atoms with Crippen molar-refractivity contribution < 1.29 is 4.39 Å². The molecule has 0 fully saturated rings. The summed E-state index contributed by atoms with van der Waals surface area (Å²) in [6.45, 7) is 0. The van der Waals surface area contributed by atoms with Gasteiger partial charge in [0.1, 0.15) is 11.7 Å². The van der Waals surface area contributed by atoms with Gasteiger partial charge in [-0.15, -0.1) is 0 Å². The molecule has 2 aromatic rings. The van der Waals surface area contributed by atoms with Gasteiger partial charge in [0.15, 0.2) is 0 Å². The molecule has 3 N–H and O–H groups in total. The molecular weight excluding hydrogens is 181 g/mol. The van der Waals surface area contributed by atoms with Gasteiger partial charge in [-0.3, -0.25) is 10.4 Å². The first-order valence-corrected chi connectivity index (χ1v) is 4.06. The van der Waals surface area contributed by atoms with Gasteiger partial charge in [0.2, 0.25) is 0 Å². The summed E-state index contributed by atoms with van der Waals surface area (Å²) in [7, 11) is 0. The Balaban J connectivity index is 2.67. The van der Waals surface area contributed by atoms with Crippen molar-refractivity contribution in [2.75, 3.05) is 0 Å². The maximum Gasteiger partial charge on any atom is 0.125 e. The molecule has 0 aliphatic rings. The van der Waals surface area contributed by atoms with E-state index in [1.54, 1.807) is 12.1 Å². The molecule has 1 aromatic carbocycles. The number of rotatable bonds is 1. The molecule has 0 saturated carbocycles. The molecule has 0 atom stereocenters. The molecule has 0 aliphatic carbocycles. The molecule has 2 rings (SSSR count). The van der Waals surface area contributed by atoms with Crippen LogP contribution >= 0.6 is 0 Å². The van der Waals surface area contributed by atoms with E-state index >= 15 is 0 Å². The number of hydrogen-bond acceptors (Lipinski definition) is 2. The van der Waals surface area contributed by atoms with Gasteiger partial charge in [-0.25, -0.2) is 4.39 Å². The van der Waals surface area contributed by atoms with Crippen molar-refractivity contribution in [1.29, 1.82) is 5.41 Å². The normalized spacial score (nSPS) is 10.4. The average Bonchev–Trinajstić information content (AvgIpc) is 2.16. The van der Waals surface area contributed by atoms with Crippen LogP contribution in [0.4, 0.5) is 4.39 Å². The molecule has 0 aliphatic heterocycles. The third-order valence-electron chi connectivity index (χ3n) is 1.96. The van der Waals surface area contributed by atoms with Gasteiger partial charge in [0.25, 0.3) is 0 Å². The number of amidine groups is 1. The lowest BCUT2D eigenvalue weighted by Crippen LogP contribution is -2.11. The van der Waals surface area contributed by atoms with Crippen molar-refractivity contribution in [3.63, 3.8) is 0 Å². The third-order valence-corrected chi connectivity index (χ3v) is 1.96. The summed E-state index contributed by atoms with van der Waals surface area (Å²) in [6.07, 6.45) is 1.46. The highest BCUT2D eigenvalue weighted by atomic mass is 19.1. The molecule has 14 heavy (non-hydrogen) atoms. The van der Waals surface area contributed by atoms with E-state index in [0.29, 0.717) is 11.1 Å². The topological polar surface area (TPSA) is 62.8 Å². The Morgan fingerprint density at radius 3 is 2.86 bits per heavy atom. The second-order valence-corrected chi connectivity index (χ2v) is 2.97. The highest BCUT2D eigenvalue weighted by Crippen LogP contribution is 2.14. The minimum Gasteiger partial charge on any atom is -0.384 e. The molecule has 0 saturated heterocycles. The van der Waals surface area contributed by atoms with Crippen molar-refractivity contribution in [2.45, 2.75) is 0 Å². The smallest absolute Gasteiger partial charge is 0.125 e. The summed E-state index contributed by atoms with van der Waals surface area (Å²) in [5, 5.41) is 7.99. The quantitative estimate of drug-likeness (QED) is 0.529. The van der Waals surface area contributed by atoms with Crippen molar-refractivity contribution in [3.8, 4) is 0 Å². The highest BCUT2D eigenvalue weighted by molar-refractivity contribution is 5.97. The van der Waals surface area contributed by atoms with Crippen LogP contribution < -0.4 is 5.73 Å². The van der Waals surface area contributed by atoms with Crippen molar-refractivity contribution >= 4 is 16.7 Å². The van der Waals surface area contributed by atoms with E-state index in [2.05, 4.69) is 4.98 Å². The Hall–Kier alpha value is -1.97. The Morgan fingerprint density at radius 1 is 1.36 bits per heavy atom. The molecule has 0 amide bonds. The van der Waals surface area contributed by atoms with Crippen LogP contribution in [0.1, 0.15) is 5.56 Å². The molecule has 0 spiro atoms. The lowest BCUT2D eigenvalue weighted by atomic mass is 10.1. The number of nitrogens with one attached hydrogen (secondary N) is 1. The van der Waals surface area contributed by atoms with Gasteiger partial charge >= 0.3 is 0 Å². The predicted octanol–water partition coefficient (Wildman–Crippen LogP) is 1.66. The van der Waals surface area contributed by atoms with Gasteiger partial charge in [0.05, 0.1) is 5.52 Å². The van der Waals surface area contributed by atoms with Gasteiger partial charge in [-0.2, -0.15) is 0 Å². The Bertz CT molecular complexity index is 508. The summed E-state index contributed by atoms with van der Waals surface area (Å²) in [5.41, 5.74) is 6.41. The molecule has 0 radical (unpaired) electrons. The maximum absolute atomic E-state index is 12.8. The first-order valence-electron chi connectivity index (χ1n) is 4.06.